The van der Waals surface area contributed by atoms with Gasteiger partial charge in [-0.25, -0.2) is 4.39 Å². The summed E-state index contributed by atoms with van der Waals surface area (Å²) in [6.45, 7) is 3.55. The van der Waals surface area contributed by atoms with E-state index in [1.165, 1.54) is 12.1 Å². The minimum Gasteiger partial charge on any atom is -0.492 e. The molecule has 3 heterocycles. The van der Waals surface area contributed by atoms with Gasteiger partial charge in [-0.2, -0.15) is 0 Å². The summed E-state index contributed by atoms with van der Waals surface area (Å²) >= 11 is 0. The van der Waals surface area contributed by atoms with E-state index in [0.29, 0.717) is 18.3 Å². The van der Waals surface area contributed by atoms with Crippen LogP contribution in [0.2, 0.25) is 0 Å². The monoisotopic (exact) mass is 340 g/mol. The number of piperidine rings is 1. The van der Waals surface area contributed by atoms with Gasteiger partial charge in [-0.05, 0) is 62.3 Å². The predicted molar refractivity (Wildman–Crippen MR) is 93.3 cm³/mol. The van der Waals surface area contributed by atoms with Gasteiger partial charge in [-0.15, -0.1) is 10.2 Å². The van der Waals surface area contributed by atoms with Gasteiger partial charge in [0.05, 0.1) is 0 Å². The summed E-state index contributed by atoms with van der Waals surface area (Å²) in [5.74, 6) is 1.99. The van der Waals surface area contributed by atoms with Crippen molar-refractivity contribution in [2.45, 2.75) is 18.8 Å². The van der Waals surface area contributed by atoms with Gasteiger partial charge in [0.25, 0.3) is 0 Å². The third-order valence-corrected chi connectivity index (χ3v) is 4.78. The van der Waals surface area contributed by atoms with Gasteiger partial charge in [0.15, 0.2) is 5.65 Å². The Morgan fingerprint density at radius 3 is 2.64 bits per heavy atom. The van der Waals surface area contributed by atoms with Crippen LogP contribution in [0.4, 0.5) is 4.39 Å². The lowest BCUT2D eigenvalue weighted by Gasteiger charge is -2.31. The molecule has 25 heavy (non-hydrogen) atoms. The van der Waals surface area contributed by atoms with Crippen molar-refractivity contribution in [2.75, 3.05) is 26.2 Å². The van der Waals surface area contributed by atoms with E-state index < -0.39 is 0 Å². The van der Waals surface area contributed by atoms with Crippen molar-refractivity contribution in [1.82, 2.24) is 19.5 Å². The van der Waals surface area contributed by atoms with E-state index >= 15 is 0 Å². The van der Waals surface area contributed by atoms with Crippen molar-refractivity contribution in [3.63, 3.8) is 0 Å². The number of ether oxygens (including phenoxy) is 1. The van der Waals surface area contributed by atoms with Crippen LogP contribution < -0.4 is 4.74 Å². The number of nitrogens with zero attached hydrogens (tertiary/aromatic N) is 4. The smallest absolute Gasteiger partial charge is 0.160 e. The Bertz CT molecular complexity index is 825. The molecule has 0 spiro atoms. The highest BCUT2D eigenvalue weighted by Gasteiger charge is 2.24. The maximum absolute atomic E-state index is 12.9. The van der Waals surface area contributed by atoms with Crippen LogP contribution in [0.5, 0.6) is 5.75 Å². The molecule has 1 saturated heterocycles. The number of halogens is 1. The number of hydrogen-bond acceptors (Lipinski definition) is 4. The summed E-state index contributed by atoms with van der Waals surface area (Å²) in [6.07, 6.45) is 4.19. The summed E-state index contributed by atoms with van der Waals surface area (Å²) in [4.78, 5) is 2.41. The van der Waals surface area contributed by atoms with Crippen LogP contribution >= 0.6 is 0 Å². The lowest BCUT2D eigenvalue weighted by Crippen LogP contribution is -2.36. The van der Waals surface area contributed by atoms with Crippen molar-refractivity contribution in [3.8, 4) is 5.75 Å². The van der Waals surface area contributed by atoms with Crippen LogP contribution in [-0.4, -0.2) is 45.7 Å². The Labute approximate surface area is 146 Å². The molecule has 6 heteroatoms. The second-order valence-electron chi connectivity index (χ2n) is 6.41. The van der Waals surface area contributed by atoms with Crippen LogP contribution in [0.15, 0.2) is 48.7 Å². The molecule has 0 aliphatic carbocycles. The van der Waals surface area contributed by atoms with E-state index in [4.69, 9.17) is 4.74 Å². The molecule has 0 atom stereocenters. The second kappa shape index (κ2) is 7.19. The quantitative estimate of drug-likeness (QED) is 0.716. The zero-order valence-corrected chi connectivity index (χ0v) is 14.0. The Morgan fingerprint density at radius 2 is 1.84 bits per heavy atom. The van der Waals surface area contributed by atoms with E-state index in [9.17, 15) is 4.39 Å². The lowest BCUT2D eigenvalue weighted by atomic mass is 9.96. The van der Waals surface area contributed by atoms with E-state index in [0.717, 1.165) is 43.9 Å². The summed E-state index contributed by atoms with van der Waals surface area (Å²) in [5, 5.41) is 8.65. The van der Waals surface area contributed by atoms with Crippen molar-refractivity contribution < 1.29 is 9.13 Å². The highest BCUT2D eigenvalue weighted by Crippen LogP contribution is 2.26. The second-order valence-corrected chi connectivity index (χ2v) is 6.41. The van der Waals surface area contributed by atoms with Gasteiger partial charge < -0.3 is 4.74 Å². The third kappa shape index (κ3) is 3.64. The van der Waals surface area contributed by atoms with Gasteiger partial charge in [-0.1, -0.05) is 6.07 Å². The number of hydrogen-bond donors (Lipinski definition) is 0. The van der Waals surface area contributed by atoms with E-state index in [1.54, 1.807) is 12.1 Å². The van der Waals surface area contributed by atoms with Gasteiger partial charge in [0.1, 0.15) is 24.0 Å². The normalized spacial score (nSPS) is 16.4. The largest absolute Gasteiger partial charge is 0.492 e. The maximum atomic E-state index is 12.9. The van der Waals surface area contributed by atoms with Gasteiger partial charge >= 0.3 is 0 Å². The van der Waals surface area contributed by atoms with Crippen LogP contribution in [0.25, 0.3) is 5.65 Å². The number of aromatic nitrogens is 3. The number of benzene rings is 1. The van der Waals surface area contributed by atoms with Crippen molar-refractivity contribution >= 4 is 5.65 Å². The molecule has 4 rings (SSSR count). The Morgan fingerprint density at radius 1 is 1.04 bits per heavy atom. The topological polar surface area (TPSA) is 42.7 Å². The minimum atomic E-state index is -0.240. The van der Waals surface area contributed by atoms with Crippen molar-refractivity contribution in [3.05, 3.63) is 60.3 Å². The minimum absolute atomic E-state index is 0.240. The molecule has 0 unspecified atom stereocenters. The summed E-state index contributed by atoms with van der Waals surface area (Å²) < 4.78 is 20.7. The van der Waals surface area contributed by atoms with Crippen molar-refractivity contribution in [2.24, 2.45) is 0 Å². The molecule has 1 aliphatic heterocycles. The fourth-order valence-electron chi connectivity index (χ4n) is 3.38. The first-order valence-corrected chi connectivity index (χ1v) is 8.70. The molecule has 1 aliphatic rings. The van der Waals surface area contributed by atoms with E-state index in [-0.39, 0.29) is 5.82 Å². The maximum Gasteiger partial charge on any atom is 0.160 e. The van der Waals surface area contributed by atoms with Crippen LogP contribution in [0.1, 0.15) is 24.6 Å². The zero-order valence-electron chi connectivity index (χ0n) is 14.0. The first-order chi connectivity index (χ1) is 12.3. The zero-order chi connectivity index (χ0) is 17.1. The average Bonchev–Trinajstić information content (AvgIpc) is 3.08. The molecule has 1 aromatic carbocycles. The highest BCUT2D eigenvalue weighted by molar-refractivity contribution is 5.37. The SMILES string of the molecule is Fc1ccc(OCCN2CCC(c3nnc4ccccn34)CC2)cc1. The van der Waals surface area contributed by atoms with Gasteiger partial charge in [0.2, 0.25) is 0 Å². The molecule has 0 saturated carbocycles. The Kier molecular flexibility index (Phi) is 4.61. The average molecular weight is 340 g/mol. The first kappa shape index (κ1) is 16.0. The first-order valence-electron chi connectivity index (χ1n) is 8.70. The Balaban J connectivity index is 1.27. The molecule has 0 amide bonds. The molecule has 5 nitrogen and oxygen atoms in total. The molecule has 1 fully saturated rings. The number of pyridine rings is 1. The fraction of sp³-hybridized carbons (Fsp3) is 0.368. The number of fused-ring (bicyclic) bond motifs is 1. The molecule has 0 radical (unpaired) electrons. The van der Waals surface area contributed by atoms with E-state index in [1.807, 2.05) is 24.4 Å². The molecular formula is C19H21FN4O. The van der Waals surface area contributed by atoms with Crippen LogP contribution in [0.3, 0.4) is 0 Å². The molecule has 0 bridgehead atoms. The Hall–Kier alpha value is -2.47. The molecule has 3 aromatic rings. The third-order valence-electron chi connectivity index (χ3n) is 4.78. The summed E-state index contributed by atoms with van der Waals surface area (Å²) in [5.41, 5.74) is 0.910. The van der Waals surface area contributed by atoms with Gasteiger partial charge in [-0.3, -0.25) is 9.30 Å². The van der Waals surface area contributed by atoms with Crippen LogP contribution in [0, 0.1) is 5.82 Å². The number of rotatable bonds is 5. The number of likely N-dealkylation sites (tertiary alicyclic amines) is 1. The van der Waals surface area contributed by atoms with Gasteiger partial charge in [0, 0.05) is 18.7 Å². The molecule has 2 aromatic heterocycles. The van der Waals surface area contributed by atoms with Crippen LogP contribution in [-0.2, 0) is 0 Å². The molecule has 130 valence electrons. The highest BCUT2D eigenvalue weighted by atomic mass is 19.1. The molecule has 0 N–H and O–H groups in total. The summed E-state index contributed by atoms with van der Waals surface area (Å²) in [7, 11) is 0. The summed E-state index contributed by atoms with van der Waals surface area (Å²) in [6, 6.07) is 12.2. The standard InChI is InChI=1S/C19H21FN4O/c20-16-4-6-17(7-5-16)25-14-13-23-11-8-15(9-12-23)19-22-21-18-3-1-2-10-24(18)19/h1-7,10,15H,8-9,11-14H2. The fourth-order valence-corrected chi connectivity index (χ4v) is 3.38. The predicted octanol–water partition coefficient (Wildman–Crippen LogP) is 3.13. The van der Waals surface area contributed by atoms with E-state index in [2.05, 4.69) is 19.5 Å². The lowest BCUT2D eigenvalue weighted by molar-refractivity contribution is 0.171. The van der Waals surface area contributed by atoms with Crippen molar-refractivity contribution in [1.29, 1.82) is 0 Å². The molecular weight excluding hydrogens is 319 g/mol.